The average molecular weight is 527 g/mol. The van der Waals surface area contributed by atoms with Crippen molar-refractivity contribution in [3.05, 3.63) is 77.1 Å². The summed E-state index contributed by atoms with van der Waals surface area (Å²) in [5.41, 5.74) is 0.405. The van der Waals surface area contributed by atoms with Gasteiger partial charge in [-0.25, -0.2) is 9.97 Å². The summed E-state index contributed by atoms with van der Waals surface area (Å²) in [6.45, 7) is 3.24. The second-order valence-electron chi connectivity index (χ2n) is 9.47. The van der Waals surface area contributed by atoms with E-state index in [0.29, 0.717) is 53.3 Å². The molecule has 0 saturated carbocycles. The predicted molar refractivity (Wildman–Crippen MR) is 135 cm³/mol. The molecule has 0 unspecified atom stereocenters. The Labute approximate surface area is 216 Å². The molecule has 0 radical (unpaired) electrons. The molecule has 37 heavy (non-hydrogen) atoms. The zero-order valence-electron chi connectivity index (χ0n) is 19.8. The monoisotopic (exact) mass is 526 g/mol. The van der Waals surface area contributed by atoms with E-state index in [-0.39, 0.29) is 18.4 Å². The number of aromatic nitrogens is 2. The minimum Gasteiger partial charge on any atom is -0.363 e. The molecule has 3 aliphatic rings. The zero-order chi connectivity index (χ0) is 25.9. The van der Waals surface area contributed by atoms with E-state index in [4.69, 9.17) is 11.6 Å². The van der Waals surface area contributed by atoms with Crippen LogP contribution < -0.4 is 14.8 Å². The highest BCUT2D eigenvalue weighted by atomic mass is 35.5. The van der Waals surface area contributed by atoms with Crippen molar-refractivity contribution < 1.29 is 18.0 Å². The number of fused-ring (bicyclic) bond motifs is 4. The number of halogens is 4. The van der Waals surface area contributed by atoms with Gasteiger partial charge in [0.1, 0.15) is 5.41 Å². The van der Waals surface area contributed by atoms with Gasteiger partial charge in [-0.15, -0.1) is 0 Å². The summed E-state index contributed by atoms with van der Waals surface area (Å²) in [4.78, 5) is 27.1. The van der Waals surface area contributed by atoms with Crippen molar-refractivity contribution in [2.45, 2.75) is 25.6 Å². The lowest BCUT2D eigenvalue weighted by molar-refractivity contribution is -0.137. The number of benzene rings is 2. The maximum Gasteiger partial charge on any atom is 0.416 e. The van der Waals surface area contributed by atoms with Crippen LogP contribution in [0.2, 0.25) is 5.02 Å². The Morgan fingerprint density at radius 1 is 1.05 bits per heavy atom. The molecular formula is C26H22ClF3N6O. The Morgan fingerprint density at radius 3 is 2.49 bits per heavy atom. The van der Waals surface area contributed by atoms with Gasteiger partial charge >= 0.3 is 6.18 Å². The van der Waals surface area contributed by atoms with Crippen molar-refractivity contribution in [3.63, 3.8) is 0 Å². The molecule has 6 rings (SSSR count). The summed E-state index contributed by atoms with van der Waals surface area (Å²) in [6.07, 6.45) is -1.06. The molecule has 11 heteroatoms. The number of rotatable bonds is 2. The molecule has 2 aromatic carbocycles. The van der Waals surface area contributed by atoms with Gasteiger partial charge in [0.05, 0.1) is 23.0 Å². The third-order valence-electron chi connectivity index (χ3n) is 7.51. The number of anilines is 3. The highest BCUT2D eigenvalue weighted by molar-refractivity contribution is 6.30. The number of nitrogens with zero attached hydrogens (tertiary/aromatic N) is 6. The number of carbonyl (C=O) groups excluding carboxylic acids is 1. The largest absolute Gasteiger partial charge is 0.416 e. The van der Waals surface area contributed by atoms with Gasteiger partial charge in [0.25, 0.3) is 5.91 Å². The number of piperazine rings is 1. The zero-order valence-corrected chi connectivity index (χ0v) is 20.5. The van der Waals surface area contributed by atoms with E-state index in [2.05, 4.69) is 20.0 Å². The normalized spacial score (nSPS) is 23.3. The molecular weight excluding hydrogens is 505 g/mol. The molecule has 1 aromatic heterocycles. The number of amides is 1. The smallest absolute Gasteiger partial charge is 0.363 e. The summed E-state index contributed by atoms with van der Waals surface area (Å²) < 4.78 is 40.9. The van der Waals surface area contributed by atoms with Crippen LogP contribution in [0.15, 0.2) is 66.0 Å². The van der Waals surface area contributed by atoms with Gasteiger partial charge in [0, 0.05) is 42.7 Å². The average Bonchev–Trinajstić information content (AvgIpc) is 3.14. The summed E-state index contributed by atoms with van der Waals surface area (Å²) in [5.74, 6) is 0.270. The molecule has 3 aliphatic heterocycles. The van der Waals surface area contributed by atoms with Gasteiger partial charge in [-0.05, 0) is 67.4 Å². The molecule has 1 spiro atoms. The minimum absolute atomic E-state index is 0.106. The number of hydrogen-bond donors (Lipinski definition) is 0. The van der Waals surface area contributed by atoms with Crippen molar-refractivity contribution in [3.8, 4) is 0 Å². The van der Waals surface area contributed by atoms with Gasteiger partial charge in [-0.1, -0.05) is 11.6 Å². The van der Waals surface area contributed by atoms with Crippen molar-refractivity contribution >= 4 is 40.5 Å². The van der Waals surface area contributed by atoms with Crippen LogP contribution in [-0.4, -0.2) is 47.3 Å². The first-order chi connectivity index (χ1) is 17.7. The van der Waals surface area contributed by atoms with E-state index >= 15 is 0 Å². The third-order valence-corrected chi connectivity index (χ3v) is 7.76. The summed E-state index contributed by atoms with van der Waals surface area (Å²) in [7, 11) is 0. The molecule has 1 amide bonds. The fourth-order valence-electron chi connectivity index (χ4n) is 5.70. The Kier molecular flexibility index (Phi) is 5.41. The van der Waals surface area contributed by atoms with Crippen molar-refractivity contribution in [1.29, 1.82) is 0 Å². The van der Waals surface area contributed by atoms with Gasteiger partial charge in [0.2, 0.25) is 5.95 Å². The fourth-order valence-corrected chi connectivity index (χ4v) is 5.83. The van der Waals surface area contributed by atoms with Crippen molar-refractivity contribution in [1.82, 2.24) is 9.97 Å². The first-order valence-electron chi connectivity index (χ1n) is 11.8. The molecule has 0 bridgehead atoms. The Hall–Kier alpha value is -3.66. The number of hydrazone groups is 1. The molecule has 3 aromatic rings. The Morgan fingerprint density at radius 2 is 1.78 bits per heavy atom. The molecule has 0 N–H and O–H groups in total. The summed E-state index contributed by atoms with van der Waals surface area (Å²) in [5, 5.41) is 6.51. The van der Waals surface area contributed by atoms with Crippen molar-refractivity contribution in [2.75, 3.05) is 34.4 Å². The number of carbonyl (C=O) groups is 1. The van der Waals surface area contributed by atoms with Crippen LogP contribution in [-0.2, 0) is 17.4 Å². The first kappa shape index (κ1) is 23.7. The van der Waals surface area contributed by atoms with E-state index in [1.165, 1.54) is 17.1 Å². The maximum atomic E-state index is 14.2. The molecule has 2 atom stereocenters. The summed E-state index contributed by atoms with van der Waals surface area (Å²) >= 11 is 6.04. The molecule has 190 valence electrons. The molecule has 0 aliphatic carbocycles. The van der Waals surface area contributed by atoms with Gasteiger partial charge in [-0.3, -0.25) is 4.79 Å². The van der Waals surface area contributed by atoms with Gasteiger partial charge < -0.3 is 9.80 Å². The fraction of sp³-hybridized carbons (Fsp3) is 0.308. The minimum atomic E-state index is -4.49. The van der Waals surface area contributed by atoms with Crippen LogP contribution in [0, 0.1) is 5.41 Å². The quantitative estimate of drug-likeness (QED) is 0.479. The topological polar surface area (TPSA) is 64.9 Å². The standard InChI is InChI=1S/C26H22ClF3N6O/c1-16-25(23(37)36(33-16)20-6-4-19(27)5-7-20)14-17-13-18(26(28,29)30)3-8-21(17)35-12-11-34(15-22(25)35)24-31-9-2-10-32-24/h2-10,13,22H,11-12,14-15H2,1H3/t22-,25+/m1/s1. The van der Waals surface area contributed by atoms with Crippen molar-refractivity contribution in [2.24, 2.45) is 10.5 Å². The Bertz CT molecular complexity index is 1400. The SMILES string of the molecule is CC1=NN(c2ccc(Cl)cc2)C(=O)[C@@]12Cc1cc(C(F)(F)F)ccc1N1CCN(c3ncccn3)C[C@@H]12. The highest BCUT2D eigenvalue weighted by Gasteiger charge is 2.60. The molecule has 1 fully saturated rings. The van der Waals surface area contributed by atoms with E-state index in [1.54, 1.807) is 49.6 Å². The van der Waals surface area contributed by atoms with Crippen LogP contribution in [0.25, 0.3) is 0 Å². The second kappa shape index (κ2) is 8.44. The van der Waals surface area contributed by atoms with Crippen LogP contribution in [0.4, 0.5) is 30.5 Å². The number of hydrogen-bond acceptors (Lipinski definition) is 6. The highest BCUT2D eigenvalue weighted by Crippen LogP contribution is 2.49. The maximum absolute atomic E-state index is 14.2. The van der Waals surface area contributed by atoms with E-state index < -0.39 is 17.2 Å². The third kappa shape index (κ3) is 3.73. The van der Waals surface area contributed by atoms with Crippen LogP contribution in [0.3, 0.4) is 0 Å². The van der Waals surface area contributed by atoms with E-state index in [1.807, 2.05) is 4.90 Å². The van der Waals surface area contributed by atoms with E-state index in [0.717, 1.165) is 6.07 Å². The first-order valence-corrected chi connectivity index (χ1v) is 12.2. The molecule has 4 heterocycles. The van der Waals surface area contributed by atoms with Crippen LogP contribution in [0.5, 0.6) is 0 Å². The van der Waals surface area contributed by atoms with Crippen LogP contribution >= 0.6 is 11.6 Å². The lowest BCUT2D eigenvalue weighted by Crippen LogP contribution is -2.67. The Balaban J connectivity index is 1.47. The van der Waals surface area contributed by atoms with Gasteiger partial charge in [-0.2, -0.15) is 23.3 Å². The second-order valence-corrected chi connectivity index (χ2v) is 9.91. The van der Waals surface area contributed by atoms with E-state index in [9.17, 15) is 18.0 Å². The lowest BCUT2D eigenvalue weighted by Gasteiger charge is -2.53. The molecule has 7 nitrogen and oxygen atoms in total. The van der Waals surface area contributed by atoms with Crippen LogP contribution in [0.1, 0.15) is 18.1 Å². The lowest BCUT2D eigenvalue weighted by atomic mass is 9.67. The number of alkyl halides is 3. The predicted octanol–water partition coefficient (Wildman–Crippen LogP) is 4.81. The summed E-state index contributed by atoms with van der Waals surface area (Å²) in [6, 6.07) is 11.9. The van der Waals surface area contributed by atoms with Gasteiger partial charge in [0.15, 0.2) is 0 Å². The molecule has 1 saturated heterocycles.